The second kappa shape index (κ2) is 7.23. The van der Waals surface area contributed by atoms with Gasteiger partial charge in [-0.25, -0.2) is 4.98 Å². The summed E-state index contributed by atoms with van der Waals surface area (Å²) in [6.07, 6.45) is 4.81. The van der Waals surface area contributed by atoms with E-state index < -0.39 is 0 Å². The molecule has 25 heavy (non-hydrogen) atoms. The number of carbonyl (C=O) groups excluding carboxylic acids is 1. The summed E-state index contributed by atoms with van der Waals surface area (Å²) < 4.78 is 0. The zero-order chi connectivity index (χ0) is 17.8. The zero-order valence-corrected chi connectivity index (χ0v) is 14.1. The molecule has 2 N–H and O–H groups in total. The van der Waals surface area contributed by atoms with E-state index in [-0.39, 0.29) is 24.8 Å². The topological polar surface area (TPSA) is 109 Å². The van der Waals surface area contributed by atoms with E-state index in [1.807, 2.05) is 17.0 Å². The molecule has 0 saturated carbocycles. The molecule has 128 valence electrons. The number of nitrogens with zero attached hydrogens (tertiary/aromatic N) is 4. The molecule has 2 atom stereocenters. The van der Waals surface area contributed by atoms with Gasteiger partial charge in [-0.2, -0.15) is 10.5 Å². The van der Waals surface area contributed by atoms with Gasteiger partial charge >= 0.3 is 0 Å². The molecule has 3 heterocycles. The van der Waals surface area contributed by atoms with Crippen molar-refractivity contribution in [3.05, 3.63) is 24.0 Å². The van der Waals surface area contributed by atoms with E-state index in [2.05, 4.69) is 28.3 Å². The van der Waals surface area contributed by atoms with Crippen LogP contribution in [0.2, 0.25) is 0 Å². The summed E-state index contributed by atoms with van der Waals surface area (Å²) in [4.78, 5) is 21.4. The second-order valence-electron chi connectivity index (χ2n) is 6.27. The van der Waals surface area contributed by atoms with E-state index in [1.54, 1.807) is 12.4 Å². The fourth-order valence-electron chi connectivity index (χ4n) is 3.41. The van der Waals surface area contributed by atoms with Gasteiger partial charge in [-0.05, 0) is 18.4 Å². The summed E-state index contributed by atoms with van der Waals surface area (Å²) in [5.41, 5.74) is 1.99. The summed E-state index contributed by atoms with van der Waals surface area (Å²) in [5.74, 6) is 0.325. The molecular weight excluding hydrogens is 316 g/mol. The van der Waals surface area contributed by atoms with Crippen molar-refractivity contribution in [2.75, 3.05) is 18.4 Å². The van der Waals surface area contributed by atoms with Gasteiger partial charge in [0.15, 0.2) is 0 Å². The van der Waals surface area contributed by atoms with Gasteiger partial charge in [0.2, 0.25) is 5.91 Å². The smallest absolute Gasteiger partial charge is 0.223 e. The maximum absolute atomic E-state index is 12.2. The molecule has 0 aromatic carbocycles. The molecule has 0 bridgehead atoms. The maximum Gasteiger partial charge on any atom is 0.223 e. The average molecular weight is 336 g/mol. The van der Waals surface area contributed by atoms with E-state index in [0.29, 0.717) is 24.6 Å². The van der Waals surface area contributed by atoms with Crippen molar-refractivity contribution in [1.29, 1.82) is 10.5 Å². The van der Waals surface area contributed by atoms with Crippen LogP contribution in [-0.2, 0) is 4.79 Å². The van der Waals surface area contributed by atoms with Crippen LogP contribution in [0.1, 0.15) is 31.7 Å². The molecule has 7 heteroatoms. The molecule has 1 fully saturated rings. The highest BCUT2D eigenvalue weighted by atomic mass is 16.2. The molecule has 2 aromatic rings. The highest BCUT2D eigenvalue weighted by molar-refractivity contribution is 5.92. The van der Waals surface area contributed by atoms with Gasteiger partial charge in [0.1, 0.15) is 11.7 Å². The average Bonchev–Trinajstić information content (AvgIpc) is 3.26. The van der Waals surface area contributed by atoms with E-state index in [9.17, 15) is 10.1 Å². The van der Waals surface area contributed by atoms with Gasteiger partial charge in [0, 0.05) is 49.8 Å². The molecule has 0 aliphatic carbocycles. The van der Waals surface area contributed by atoms with Gasteiger partial charge in [0.25, 0.3) is 0 Å². The quantitative estimate of drug-likeness (QED) is 0.871. The number of nitrogens with one attached hydrogen (secondary N) is 2. The van der Waals surface area contributed by atoms with Crippen molar-refractivity contribution in [2.24, 2.45) is 5.92 Å². The van der Waals surface area contributed by atoms with Crippen molar-refractivity contribution < 1.29 is 4.79 Å². The minimum absolute atomic E-state index is 0.0197. The first-order valence-electron chi connectivity index (χ1n) is 8.45. The third kappa shape index (κ3) is 3.27. The van der Waals surface area contributed by atoms with Gasteiger partial charge in [-0.3, -0.25) is 4.79 Å². The molecule has 0 unspecified atom stereocenters. The Kier molecular flexibility index (Phi) is 4.85. The Morgan fingerprint density at radius 3 is 3.04 bits per heavy atom. The van der Waals surface area contributed by atoms with Crippen LogP contribution in [0.25, 0.3) is 11.0 Å². The van der Waals surface area contributed by atoms with E-state index in [4.69, 9.17) is 5.26 Å². The largest absolute Gasteiger partial charge is 0.378 e. The first kappa shape index (κ1) is 16.8. The predicted molar refractivity (Wildman–Crippen MR) is 93.4 cm³/mol. The lowest BCUT2D eigenvalue weighted by Crippen LogP contribution is -2.32. The Bertz CT molecular complexity index is 859. The number of rotatable bonds is 5. The number of likely N-dealkylation sites (tertiary alicyclic amines) is 1. The van der Waals surface area contributed by atoms with Crippen LogP contribution in [0.5, 0.6) is 0 Å². The lowest BCUT2D eigenvalue weighted by molar-refractivity contribution is -0.130. The zero-order valence-electron chi connectivity index (χ0n) is 14.1. The molecule has 1 aliphatic rings. The summed E-state index contributed by atoms with van der Waals surface area (Å²) in [5, 5.41) is 22.5. The predicted octanol–water partition coefficient (Wildman–Crippen LogP) is 2.39. The van der Waals surface area contributed by atoms with Crippen molar-refractivity contribution in [2.45, 2.75) is 32.2 Å². The Hall–Kier alpha value is -3.06. The van der Waals surface area contributed by atoms with Crippen molar-refractivity contribution in [1.82, 2.24) is 14.9 Å². The minimum Gasteiger partial charge on any atom is -0.378 e. The molecule has 0 radical (unpaired) electrons. The van der Waals surface area contributed by atoms with Crippen LogP contribution in [0, 0.1) is 28.6 Å². The highest BCUT2D eigenvalue weighted by Gasteiger charge is 2.34. The lowest BCUT2D eigenvalue weighted by Gasteiger charge is -2.20. The summed E-state index contributed by atoms with van der Waals surface area (Å²) in [6, 6.07) is 6.18. The normalized spacial score (nSPS) is 19.6. The Morgan fingerprint density at radius 1 is 1.48 bits per heavy atom. The number of fused-ring (bicyclic) bond motifs is 1. The Labute approximate surface area is 146 Å². The van der Waals surface area contributed by atoms with Crippen LogP contribution in [0.3, 0.4) is 0 Å². The first-order valence-corrected chi connectivity index (χ1v) is 8.45. The molecule has 1 saturated heterocycles. The van der Waals surface area contributed by atoms with Crippen LogP contribution in [0.4, 0.5) is 5.69 Å². The number of H-pyrrole nitrogens is 1. The third-order valence-corrected chi connectivity index (χ3v) is 4.81. The number of pyridine rings is 1. The minimum atomic E-state index is 0.0197. The third-order valence-electron chi connectivity index (χ3n) is 4.81. The van der Waals surface area contributed by atoms with E-state index >= 15 is 0 Å². The number of carbonyl (C=O) groups is 1. The molecule has 0 spiro atoms. The van der Waals surface area contributed by atoms with Gasteiger partial charge in [-0.15, -0.1) is 0 Å². The maximum atomic E-state index is 12.2. The summed E-state index contributed by atoms with van der Waals surface area (Å²) in [6.45, 7) is 3.37. The number of hydrogen-bond acceptors (Lipinski definition) is 5. The van der Waals surface area contributed by atoms with Crippen molar-refractivity contribution in [3.8, 4) is 12.1 Å². The Balaban J connectivity index is 1.83. The summed E-state index contributed by atoms with van der Waals surface area (Å²) in [7, 11) is 0. The monoisotopic (exact) mass is 336 g/mol. The SMILES string of the molecule is CC[C@@H]1CN(C(=O)CCC#N)C[C@@H]1Nc1c(C#N)cnc2[nH]ccc12. The molecule has 1 amide bonds. The number of anilines is 1. The molecule has 7 nitrogen and oxygen atoms in total. The van der Waals surface area contributed by atoms with Crippen LogP contribution >= 0.6 is 0 Å². The van der Waals surface area contributed by atoms with Gasteiger partial charge < -0.3 is 15.2 Å². The van der Waals surface area contributed by atoms with Crippen LogP contribution < -0.4 is 5.32 Å². The van der Waals surface area contributed by atoms with Gasteiger partial charge in [0.05, 0.1) is 17.3 Å². The number of hydrogen-bond donors (Lipinski definition) is 2. The fourth-order valence-corrected chi connectivity index (χ4v) is 3.41. The molecule has 1 aliphatic heterocycles. The Morgan fingerprint density at radius 2 is 2.32 bits per heavy atom. The number of aromatic amines is 1. The van der Waals surface area contributed by atoms with Crippen molar-refractivity contribution in [3.63, 3.8) is 0 Å². The van der Waals surface area contributed by atoms with Crippen LogP contribution in [0.15, 0.2) is 18.5 Å². The number of nitriles is 2. The highest BCUT2D eigenvalue weighted by Crippen LogP contribution is 2.30. The first-order chi connectivity index (χ1) is 12.2. The standard InChI is InChI=1S/C18H20N6O/c1-2-12-10-24(16(25)4-3-6-19)11-15(12)23-17-13(8-20)9-22-18-14(17)5-7-21-18/h5,7,9,12,15H,2-4,10-11H2,1H3,(H2,21,22,23)/t12-,15+/m1/s1. The van der Waals surface area contributed by atoms with E-state index in [0.717, 1.165) is 23.1 Å². The fraction of sp³-hybridized carbons (Fsp3) is 0.444. The summed E-state index contributed by atoms with van der Waals surface area (Å²) >= 11 is 0. The molecule has 3 rings (SSSR count). The number of amides is 1. The van der Waals surface area contributed by atoms with Crippen molar-refractivity contribution >= 4 is 22.6 Å². The molecule has 2 aromatic heterocycles. The second-order valence-corrected chi connectivity index (χ2v) is 6.27. The number of aromatic nitrogens is 2. The van der Waals surface area contributed by atoms with Crippen LogP contribution in [-0.4, -0.2) is 39.9 Å². The van der Waals surface area contributed by atoms with Gasteiger partial charge in [-0.1, -0.05) is 6.92 Å². The molecular formula is C18H20N6O. The lowest BCUT2D eigenvalue weighted by atomic mass is 10.00. The van der Waals surface area contributed by atoms with E-state index in [1.165, 1.54) is 0 Å².